The van der Waals surface area contributed by atoms with Crippen molar-refractivity contribution >= 4 is 23.2 Å². The second-order valence-electron chi connectivity index (χ2n) is 6.30. The van der Waals surface area contributed by atoms with Crippen molar-refractivity contribution in [1.29, 1.82) is 0 Å². The summed E-state index contributed by atoms with van der Waals surface area (Å²) in [6.45, 7) is 3.12. The molecule has 1 amide bonds. The van der Waals surface area contributed by atoms with Crippen LogP contribution in [0.5, 0.6) is 0 Å². The molecule has 1 unspecified atom stereocenters. The van der Waals surface area contributed by atoms with Crippen molar-refractivity contribution in [2.45, 2.75) is 32.0 Å². The zero-order valence-electron chi connectivity index (χ0n) is 13.1. The summed E-state index contributed by atoms with van der Waals surface area (Å²) in [6, 6.07) is 1.32. The first-order chi connectivity index (χ1) is 11.3. The van der Waals surface area contributed by atoms with E-state index < -0.39 is 56.8 Å². The molecule has 1 heterocycles. The highest BCUT2D eigenvalue weighted by molar-refractivity contribution is 6.25. The SMILES string of the molecule is CC1(C)CC(=O)C(C(=O)c2ccc(C(F)(F)F)cc2[N+](=O)[O-])C(=O)N1. The number of Topliss-reactive ketones (excluding diaryl/α,β-unsaturated/α-hetero) is 2. The second kappa shape index (κ2) is 5.94. The largest absolute Gasteiger partial charge is 0.416 e. The summed E-state index contributed by atoms with van der Waals surface area (Å²) < 4.78 is 38.1. The smallest absolute Gasteiger partial charge is 0.350 e. The highest BCUT2D eigenvalue weighted by atomic mass is 19.4. The maximum Gasteiger partial charge on any atom is 0.416 e. The number of rotatable bonds is 3. The van der Waals surface area contributed by atoms with Crippen molar-refractivity contribution in [3.05, 3.63) is 39.4 Å². The van der Waals surface area contributed by atoms with Crippen molar-refractivity contribution in [2.24, 2.45) is 5.92 Å². The number of hydrogen-bond donors (Lipinski definition) is 1. The predicted molar refractivity (Wildman–Crippen MR) is 77.8 cm³/mol. The van der Waals surface area contributed by atoms with Crippen molar-refractivity contribution < 1.29 is 32.5 Å². The molecule has 1 aromatic carbocycles. The van der Waals surface area contributed by atoms with Gasteiger partial charge in [0.2, 0.25) is 5.91 Å². The maximum absolute atomic E-state index is 12.7. The van der Waals surface area contributed by atoms with Gasteiger partial charge in [0.15, 0.2) is 17.5 Å². The Kier molecular flexibility index (Phi) is 4.41. The molecule has 0 aromatic heterocycles. The van der Waals surface area contributed by atoms with Gasteiger partial charge in [-0.2, -0.15) is 13.2 Å². The lowest BCUT2D eigenvalue weighted by Crippen LogP contribution is -2.56. The average molecular weight is 358 g/mol. The molecule has 1 aromatic rings. The monoisotopic (exact) mass is 358 g/mol. The van der Waals surface area contributed by atoms with Gasteiger partial charge >= 0.3 is 6.18 Å². The van der Waals surface area contributed by atoms with Crippen LogP contribution in [0, 0.1) is 16.0 Å². The molecule has 0 saturated carbocycles. The maximum atomic E-state index is 12.7. The van der Waals surface area contributed by atoms with Crippen molar-refractivity contribution in [1.82, 2.24) is 5.32 Å². The number of nitrogens with one attached hydrogen (secondary N) is 1. The zero-order valence-corrected chi connectivity index (χ0v) is 13.1. The molecule has 134 valence electrons. The molecule has 1 saturated heterocycles. The Balaban J connectivity index is 2.47. The number of piperidine rings is 1. The van der Waals surface area contributed by atoms with Gasteiger partial charge in [0.25, 0.3) is 5.69 Å². The standard InChI is InChI=1S/C15H13F3N2O5/c1-14(2)6-10(21)11(13(23)19-14)12(22)8-4-3-7(15(16,17)18)5-9(8)20(24)25/h3-5,11H,6H2,1-2H3,(H,19,23). The summed E-state index contributed by atoms with van der Waals surface area (Å²) in [5, 5.41) is 13.5. The summed E-state index contributed by atoms with van der Waals surface area (Å²) in [7, 11) is 0. The van der Waals surface area contributed by atoms with Gasteiger partial charge < -0.3 is 5.32 Å². The van der Waals surface area contributed by atoms with E-state index in [4.69, 9.17) is 0 Å². The van der Waals surface area contributed by atoms with Gasteiger partial charge in [-0.25, -0.2) is 0 Å². The van der Waals surface area contributed by atoms with Crippen LogP contribution in [0.4, 0.5) is 18.9 Å². The fourth-order valence-electron chi connectivity index (χ4n) is 2.62. The molecule has 10 heteroatoms. The van der Waals surface area contributed by atoms with E-state index in [2.05, 4.69) is 5.32 Å². The van der Waals surface area contributed by atoms with E-state index in [0.717, 1.165) is 0 Å². The molecule has 1 aliphatic rings. The number of amides is 1. The molecular weight excluding hydrogens is 345 g/mol. The van der Waals surface area contributed by atoms with E-state index >= 15 is 0 Å². The van der Waals surface area contributed by atoms with Gasteiger partial charge in [-0.05, 0) is 26.0 Å². The minimum atomic E-state index is -4.84. The van der Waals surface area contributed by atoms with Crippen LogP contribution >= 0.6 is 0 Å². The minimum absolute atomic E-state index is 0.177. The summed E-state index contributed by atoms with van der Waals surface area (Å²) in [4.78, 5) is 46.5. The number of nitrogens with zero attached hydrogens (tertiary/aromatic N) is 1. The van der Waals surface area contributed by atoms with Gasteiger partial charge in [-0.3, -0.25) is 24.5 Å². The molecule has 0 bridgehead atoms. The normalized spacial score (nSPS) is 20.1. The molecule has 2 rings (SSSR count). The Morgan fingerprint density at radius 3 is 2.40 bits per heavy atom. The van der Waals surface area contributed by atoms with E-state index in [9.17, 15) is 37.7 Å². The number of nitro benzene ring substituents is 1. The van der Waals surface area contributed by atoms with E-state index in [0.29, 0.717) is 12.1 Å². The molecule has 1 N–H and O–H groups in total. The number of alkyl halides is 3. The zero-order chi connectivity index (χ0) is 19.2. The van der Waals surface area contributed by atoms with Crippen LogP contribution in [0.15, 0.2) is 18.2 Å². The molecule has 1 fully saturated rings. The van der Waals surface area contributed by atoms with Crippen molar-refractivity contribution in [2.75, 3.05) is 0 Å². The molecule has 0 radical (unpaired) electrons. The van der Waals surface area contributed by atoms with Gasteiger partial charge in [-0.1, -0.05) is 0 Å². The number of nitro groups is 1. The molecule has 0 aliphatic carbocycles. The fourth-order valence-corrected chi connectivity index (χ4v) is 2.62. The number of ketones is 2. The first kappa shape index (κ1) is 18.6. The third-order valence-electron chi connectivity index (χ3n) is 3.71. The van der Waals surface area contributed by atoms with Crippen LogP contribution in [0.25, 0.3) is 0 Å². The quantitative estimate of drug-likeness (QED) is 0.386. The Bertz CT molecular complexity index is 766. The van der Waals surface area contributed by atoms with Crippen LogP contribution in [0.1, 0.15) is 36.2 Å². The first-order valence-corrected chi connectivity index (χ1v) is 7.08. The summed E-state index contributed by atoms with van der Waals surface area (Å²) in [5.41, 5.74) is -4.01. The average Bonchev–Trinajstić information content (AvgIpc) is 2.43. The van der Waals surface area contributed by atoms with Crippen LogP contribution in [0.2, 0.25) is 0 Å². The number of carbonyl (C=O) groups excluding carboxylic acids is 3. The van der Waals surface area contributed by atoms with E-state index in [1.165, 1.54) is 0 Å². The predicted octanol–water partition coefficient (Wildman–Crippen LogP) is 2.28. The fraction of sp³-hybridized carbons (Fsp3) is 0.400. The van der Waals surface area contributed by atoms with Gasteiger partial charge in [0, 0.05) is 18.0 Å². The van der Waals surface area contributed by atoms with Crippen LogP contribution in [-0.4, -0.2) is 27.9 Å². The van der Waals surface area contributed by atoms with Gasteiger partial charge in [0.1, 0.15) is 0 Å². The lowest BCUT2D eigenvalue weighted by Gasteiger charge is -2.33. The minimum Gasteiger partial charge on any atom is -0.350 e. The Morgan fingerprint density at radius 1 is 1.32 bits per heavy atom. The Hall–Kier alpha value is -2.78. The molecular formula is C15H13F3N2O5. The molecule has 25 heavy (non-hydrogen) atoms. The van der Waals surface area contributed by atoms with Crippen LogP contribution in [0.3, 0.4) is 0 Å². The summed E-state index contributed by atoms with van der Waals surface area (Å²) in [6.07, 6.45) is -5.02. The van der Waals surface area contributed by atoms with Gasteiger partial charge in [-0.15, -0.1) is 0 Å². The molecule has 1 atom stereocenters. The lowest BCUT2D eigenvalue weighted by atomic mass is 9.81. The van der Waals surface area contributed by atoms with Crippen LogP contribution < -0.4 is 5.32 Å². The molecule has 1 aliphatic heterocycles. The number of carbonyl (C=O) groups is 3. The van der Waals surface area contributed by atoms with E-state index in [1.54, 1.807) is 13.8 Å². The van der Waals surface area contributed by atoms with Crippen molar-refractivity contribution in [3.63, 3.8) is 0 Å². The lowest BCUT2D eigenvalue weighted by molar-refractivity contribution is -0.385. The highest BCUT2D eigenvalue weighted by Gasteiger charge is 2.45. The highest BCUT2D eigenvalue weighted by Crippen LogP contribution is 2.34. The molecule has 7 nitrogen and oxygen atoms in total. The third kappa shape index (κ3) is 3.67. The third-order valence-corrected chi connectivity index (χ3v) is 3.71. The van der Waals surface area contributed by atoms with E-state index in [-0.39, 0.29) is 12.5 Å². The number of hydrogen-bond acceptors (Lipinski definition) is 5. The Morgan fingerprint density at radius 2 is 1.92 bits per heavy atom. The topological polar surface area (TPSA) is 106 Å². The Labute approximate surface area is 139 Å². The first-order valence-electron chi connectivity index (χ1n) is 7.08. The summed E-state index contributed by atoms with van der Waals surface area (Å²) in [5.74, 6) is -4.68. The van der Waals surface area contributed by atoms with Crippen LogP contribution in [-0.2, 0) is 15.8 Å². The number of benzene rings is 1. The van der Waals surface area contributed by atoms with Gasteiger partial charge in [0.05, 0.1) is 16.1 Å². The van der Waals surface area contributed by atoms with Crippen molar-refractivity contribution in [3.8, 4) is 0 Å². The van der Waals surface area contributed by atoms with E-state index in [1.807, 2.05) is 0 Å². The second-order valence-corrected chi connectivity index (χ2v) is 6.30. The molecule has 0 spiro atoms. The number of halogens is 3. The summed E-state index contributed by atoms with van der Waals surface area (Å²) >= 11 is 0.